The average molecular weight is 492 g/mol. The SMILES string of the molecule is Cc1sc2nc(SC/C(O)=C(\C#N)c3nc4ccccc4n3C)n(C3CCCC3)c(=O)c2c1C. The summed E-state index contributed by atoms with van der Waals surface area (Å²) in [5, 5.41) is 22.1. The van der Waals surface area contributed by atoms with Gasteiger partial charge in [0.2, 0.25) is 0 Å². The minimum atomic E-state index is -0.0724. The van der Waals surface area contributed by atoms with Crippen LogP contribution in [0.2, 0.25) is 0 Å². The third-order valence-electron chi connectivity index (χ3n) is 6.64. The summed E-state index contributed by atoms with van der Waals surface area (Å²) in [5.41, 5.74) is 2.78. The predicted octanol–water partition coefficient (Wildman–Crippen LogP) is 5.66. The number of benzene rings is 1. The molecule has 3 heterocycles. The van der Waals surface area contributed by atoms with E-state index in [1.165, 1.54) is 23.1 Å². The molecular formula is C25H25N5O2S2. The number of fused-ring (bicyclic) bond motifs is 2. The summed E-state index contributed by atoms with van der Waals surface area (Å²) in [6.45, 7) is 3.99. The number of imidazole rings is 1. The highest BCUT2D eigenvalue weighted by molar-refractivity contribution is 7.99. The lowest BCUT2D eigenvalue weighted by atomic mass is 10.2. The van der Waals surface area contributed by atoms with E-state index in [4.69, 9.17) is 4.98 Å². The quantitative estimate of drug-likeness (QED) is 0.167. The van der Waals surface area contributed by atoms with Crippen molar-refractivity contribution in [2.24, 2.45) is 7.05 Å². The molecule has 5 rings (SSSR count). The molecule has 174 valence electrons. The molecule has 3 aromatic heterocycles. The van der Waals surface area contributed by atoms with Crippen LogP contribution < -0.4 is 5.56 Å². The standard InChI is InChI=1S/C25H25N5O2S2/c1-14-15(2)34-23-21(14)24(32)30(16-8-4-5-9-16)25(28-23)33-13-20(31)17(12-26)22-27-18-10-6-7-11-19(18)29(22)3/h6-7,10-11,16,31H,4-5,8-9,13H2,1-3H3/b20-17-. The van der Waals surface area contributed by atoms with Crippen molar-refractivity contribution in [3.8, 4) is 6.07 Å². The molecule has 1 fully saturated rings. The highest BCUT2D eigenvalue weighted by Gasteiger charge is 2.25. The van der Waals surface area contributed by atoms with E-state index in [2.05, 4.69) is 11.1 Å². The molecule has 4 aromatic rings. The Morgan fingerprint density at radius 1 is 1.26 bits per heavy atom. The number of allylic oxidation sites excluding steroid dienone is 1. The molecule has 0 atom stereocenters. The Bertz CT molecular complexity index is 1550. The first-order valence-corrected chi connectivity index (χ1v) is 13.1. The summed E-state index contributed by atoms with van der Waals surface area (Å²) in [4.78, 5) is 24.8. The van der Waals surface area contributed by atoms with Crippen LogP contribution in [0.3, 0.4) is 0 Å². The molecule has 0 aliphatic heterocycles. The number of aliphatic hydroxyl groups is 1. The van der Waals surface area contributed by atoms with Gasteiger partial charge in [-0.3, -0.25) is 9.36 Å². The van der Waals surface area contributed by atoms with Crippen molar-refractivity contribution >= 4 is 49.9 Å². The van der Waals surface area contributed by atoms with Gasteiger partial charge in [-0.15, -0.1) is 11.3 Å². The Labute approximate surface area is 205 Å². The summed E-state index contributed by atoms with van der Waals surface area (Å²) < 4.78 is 3.64. The van der Waals surface area contributed by atoms with Crippen molar-refractivity contribution < 1.29 is 5.11 Å². The molecule has 34 heavy (non-hydrogen) atoms. The number of thioether (sulfide) groups is 1. The Morgan fingerprint density at radius 3 is 2.71 bits per heavy atom. The number of para-hydroxylation sites is 2. The first-order chi connectivity index (χ1) is 16.4. The van der Waals surface area contributed by atoms with Crippen molar-refractivity contribution in [1.82, 2.24) is 19.1 Å². The minimum Gasteiger partial charge on any atom is -0.510 e. The van der Waals surface area contributed by atoms with E-state index in [1.54, 1.807) is 0 Å². The number of aryl methyl sites for hydroxylation is 3. The number of nitriles is 1. The van der Waals surface area contributed by atoms with Gasteiger partial charge < -0.3 is 9.67 Å². The fraction of sp³-hybridized carbons (Fsp3) is 0.360. The zero-order chi connectivity index (χ0) is 24.0. The summed E-state index contributed by atoms with van der Waals surface area (Å²) in [5.74, 6) is 0.472. The van der Waals surface area contributed by atoms with E-state index in [0.29, 0.717) is 16.4 Å². The first-order valence-electron chi connectivity index (χ1n) is 11.3. The average Bonchev–Trinajstić information content (AvgIpc) is 3.53. The van der Waals surface area contributed by atoms with E-state index >= 15 is 0 Å². The monoisotopic (exact) mass is 491 g/mol. The van der Waals surface area contributed by atoms with Crippen molar-refractivity contribution in [2.75, 3.05) is 5.75 Å². The third-order valence-corrected chi connectivity index (χ3v) is 8.71. The Hall–Kier alpha value is -3.09. The molecule has 0 amide bonds. The van der Waals surface area contributed by atoms with Gasteiger partial charge in [-0.2, -0.15) is 5.26 Å². The van der Waals surface area contributed by atoms with Crippen LogP contribution in [-0.4, -0.2) is 30.0 Å². The van der Waals surface area contributed by atoms with Crippen molar-refractivity contribution in [3.05, 3.63) is 56.6 Å². The predicted molar refractivity (Wildman–Crippen MR) is 137 cm³/mol. The second-order valence-corrected chi connectivity index (χ2v) is 10.8. The molecule has 1 aliphatic rings. The molecule has 0 unspecified atom stereocenters. The molecule has 1 aromatic carbocycles. The van der Waals surface area contributed by atoms with Gasteiger partial charge in [0, 0.05) is 18.0 Å². The maximum Gasteiger partial charge on any atom is 0.263 e. The van der Waals surface area contributed by atoms with Gasteiger partial charge in [-0.1, -0.05) is 36.7 Å². The van der Waals surface area contributed by atoms with Crippen LogP contribution in [0.4, 0.5) is 0 Å². The number of aromatic nitrogens is 4. The van der Waals surface area contributed by atoms with Crippen LogP contribution in [-0.2, 0) is 7.05 Å². The number of hydrogen-bond acceptors (Lipinski definition) is 7. The topological polar surface area (TPSA) is 96.7 Å². The van der Waals surface area contributed by atoms with Crippen molar-refractivity contribution in [3.63, 3.8) is 0 Å². The number of thiophene rings is 1. The maximum absolute atomic E-state index is 13.5. The molecule has 1 saturated carbocycles. The number of nitrogens with zero attached hydrogens (tertiary/aromatic N) is 5. The molecule has 0 saturated heterocycles. The highest BCUT2D eigenvalue weighted by Crippen LogP contribution is 2.35. The first kappa shape index (κ1) is 22.7. The summed E-state index contributed by atoms with van der Waals surface area (Å²) in [6.07, 6.45) is 4.09. The summed E-state index contributed by atoms with van der Waals surface area (Å²) in [6, 6.07) is 9.85. The van der Waals surface area contributed by atoms with Gasteiger partial charge in [-0.05, 0) is 44.4 Å². The van der Waals surface area contributed by atoms with Crippen molar-refractivity contribution in [2.45, 2.75) is 50.7 Å². The van der Waals surface area contributed by atoms with E-state index in [9.17, 15) is 15.2 Å². The Balaban J connectivity index is 1.55. The molecule has 9 heteroatoms. The maximum atomic E-state index is 13.5. The van der Waals surface area contributed by atoms with Gasteiger partial charge in [0.05, 0.1) is 22.2 Å². The molecule has 0 bridgehead atoms. The van der Waals surface area contributed by atoms with Gasteiger partial charge in [0.1, 0.15) is 22.2 Å². The molecule has 7 nitrogen and oxygen atoms in total. The van der Waals surface area contributed by atoms with Gasteiger partial charge in [0.25, 0.3) is 5.56 Å². The molecule has 0 spiro atoms. The lowest BCUT2D eigenvalue weighted by Gasteiger charge is -2.18. The number of aliphatic hydroxyl groups excluding tert-OH is 1. The zero-order valence-corrected chi connectivity index (χ0v) is 21.0. The summed E-state index contributed by atoms with van der Waals surface area (Å²) >= 11 is 2.83. The molecular weight excluding hydrogens is 466 g/mol. The molecule has 0 radical (unpaired) electrons. The fourth-order valence-corrected chi connectivity index (χ4v) is 6.71. The zero-order valence-electron chi connectivity index (χ0n) is 19.3. The normalized spacial score (nSPS) is 15.2. The third kappa shape index (κ3) is 3.71. The Morgan fingerprint density at radius 2 is 2.00 bits per heavy atom. The van der Waals surface area contributed by atoms with Crippen molar-refractivity contribution in [1.29, 1.82) is 5.26 Å². The van der Waals surface area contributed by atoms with E-state index in [-0.39, 0.29) is 28.7 Å². The lowest BCUT2D eigenvalue weighted by molar-refractivity contribution is 0.419. The molecule has 1 N–H and O–H groups in total. The van der Waals surface area contributed by atoms with Crippen LogP contribution in [0.25, 0.3) is 26.8 Å². The van der Waals surface area contributed by atoms with Crippen LogP contribution in [0.1, 0.15) is 48.0 Å². The van der Waals surface area contributed by atoms with Gasteiger partial charge >= 0.3 is 0 Å². The minimum absolute atomic E-state index is 0.000534. The number of hydrogen-bond donors (Lipinski definition) is 1. The van der Waals surface area contributed by atoms with E-state index in [0.717, 1.165) is 52.0 Å². The Kier molecular flexibility index (Phi) is 5.96. The second-order valence-electron chi connectivity index (χ2n) is 8.68. The fourth-order valence-electron chi connectivity index (χ4n) is 4.69. The van der Waals surface area contributed by atoms with Crippen LogP contribution in [0.15, 0.2) is 40.0 Å². The van der Waals surface area contributed by atoms with E-state index < -0.39 is 0 Å². The smallest absolute Gasteiger partial charge is 0.263 e. The largest absolute Gasteiger partial charge is 0.510 e. The second kappa shape index (κ2) is 8.93. The summed E-state index contributed by atoms with van der Waals surface area (Å²) in [7, 11) is 1.83. The van der Waals surface area contributed by atoms with Crippen LogP contribution in [0.5, 0.6) is 0 Å². The van der Waals surface area contributed by atoms with Gasteiger partial charge in [-0.25, -0.2) is 9.97 Å². The highest BCUT2D eigenvalue weighted by atomic mass is 32.2. The van der Waals surface area contributed by atoms with Crippen LogP contribution in [0, 0.1) is 25.2 Å². The lowest BCUT2D eigenvalue weighted by Crippen LogP contribution is -2.26. The molecule has 1 aliphatic carbocycles. The number of rotatable bonds is 5. The van der Waals surface area contributed by atoms with Crippen LogP contribution >= 0.6 is 23.1 Å². The van der Waals surface area contributed by atoms with E-state index in [1.807, 2.05) is 54.3 Å². The van der Waals surface area contributed by atoms with Gasteiger partial charge in [0.15, 0.2) is 11.0 Å².